The third kappa shape index (κ3) is 8.81. The molecule has 2 atom stereocenters. The Kier molecular flexibility index (Phi) is 11.7. The van der Waals surface area contributed by atoms with Gasteiger partial charge in [-0.25, -0.2) is 4.31 Å². The fourth-order valence-electron chi connectivity index (χ4n) is 4.65. The number of nitrogens with zero attached hydrogens (tertiary/aromatic N) is 3. The number of aryl methyl sites for hydroxylation is 2. The smallest absolute Gasteiger partial charge is 0.304 e. The molecule has 0 saturated heterocycles. The van der Waals surface area contributed by atoms with Crippen LogP contribution in [0.25, 0.3) is 0 Å². The molecule has 2 amide bonds. The third-order valence-electron chi connectivity index (χ3n) is 7.41. The largest absolute Gasteiger partial charge is 0.497 e. The summed E-state index contributed by atoms with van der Waals surface area (Å²) in [4.78, 5) is 29.8. The highest BCUT2D eigenvalue weighted by Crippen LogP contribution is 2.26. The van der Waals surface area contributed by atoms with Crippen LogP contribution in [0.5, 0.6) is 5.75 Å². The lowest BCUT2D eigenvalue weighted by atomic mass is 10.0. The molecule has 43 heavy (non-hydrogen) atoms. The average Bonchev–Trinajstić information content (AvgIpc) is 2.99. The zero-order valence-electron chi connectivity index (χ0n) is 26.2. The predicted octanol–water partition coefficient (Wildman–Crippen LogP) is 4.48. The van der Waals surface area contributed by atoms with Gasteiger partial charge in [-0.15, -0.1) is 0 Å². The summed E-state index contributed by atoms with van der Waals surface area (Å²) in [5.41, 5.74) is 3.60. The first-order chi connectivity index (χ1) is 20.4. The van der Waals surface area contributed by atoms with Crippen molar-refractivity contribution < 1.29 is 22.7 Å². The van der Waals surface area contributed by atoms with Crippen LogP contribution in [0.3, 0.4) is 0 Å². The molecule has 0 aliphatic heterocycles. The van der Waals surface area contributed by atoms with E-state index in [0.29, 0.717) is 17.0 Å². The monoisotopic (exact) mass is 608 g/mol. The second kappa shape index (κ2) is 15.0. The molecule has 0 fully saturated rings. The molecule has 9 nitrogen and oxygen atoms in total. The van der Waals surface area contributed by atoms with Crippen molar-refractivity contribution in [2.45, 2.75) is 59.2 Å². The minimum atomic E-state index is -4.07. The van der Waals surface area contributed by atoms with Gasteiger partial charge in [0.2, 0.25) is 11.8 Å². The summed E-state index contributed by atoms with van der Waals surface area (Å²) < 4.78 is 34.9. The lowest BCUT2D eigenvalue weighted by Crippen LogP contribution is -2.55. The number of anilines is 1. The summed E-state index contributed by atoms with van der Waals surface area (Å²) in [5.74, 6) is -0.196. The second-order valence-electron chi connectivity index (χ2n) is 11.0. The maximum atomic E-state index is 14.4. The van der Waals surface area contributed by atoms with Crippen LogP contribution >= 0.6 is 0 Å². The van der Waals surface area contributed by atoms with E-state index < -0.39 is 28.7 Å². The number of carbonyl (C=O) groups excluding carboxylic acids is 2. The van der Waals surface area contributed by atoms with Crippen LogP contribution in [0.4, 0.5) is 5.69 Å². The Balaban J connectivity index is 2.15. The Hall–Kier alpha value is -3.89. The molecule has 0 heterocycles. The molecule has 0 aromatic heterocycles. The molecule has 0 radical (unpaired) electrons. The van der Waals surface area contributed by atoms with E-state index in [9.17, 15) is 18.0 Å². The van der Waals surface area contributed by atoms with Gasteiger partial charge < -0.3 is 15.0 Å². The van der Waals surface area contributed by atoms with E-state index >= 15 is 0 Å². The summed E-state index contributed by atoms with van der Waals surface area (Å²) in [6, 6.07) is 21.3. The van der Waals surface area contributed by atoms with Crippen LogP contribution in [0.2, 0.25) is 0 Å². The highest BCUT2D eigenvalue weighted by molar-refractivity contribution is 7.90. The maximum absolute atomic E-state index is 14.4. The van der Waals surface area contributed by atoms with Gasteiger partial charge in [0.05, 0.1) is 12.8 Å². The molecule has 0 saturated carbocycles. The molecule has 3 aromatic carbocycles. The number of hydrogen-bond acceptors (Lipinski definition) is 5. The van der Waals surface area contributed by atoms with Crippen molar-refractivity contribution >= 4 is 27.7 Å². The van der Waals surface area contributed by atoms with Gasteiger partial charge in [-0.1, -0.05) is 61.5 Å². The number of amides is 2. The molecule has 0 unspecified atom stereocenters. The van der Waals surface area contributed by atoms with E-state index in [1.807, 2.05) is 88.4 Å². The molecule has 0 aliphatic rings. The fraction of sp³-hybridized carbons (Fsp3) is 0.394. The Morgan fingerprint density at radius 3 is 2.23 bits per heavy atom. The molecule has 232 valence electrons. The van der Waals surface area contributed by atoms with E-state index in [2.05, 4.69) is 5.32 Å². The number of nitrogens with one attached hydrogen (secondary N) is 1. The lowest BCUT2D eigenvalue weighted by Gasteiger charge is -2.35. The van der Waals surface area contributed by atoms with Crippen LogP contribution in [0, 0.1) is 13.8 Å². The molecular formula is C33H44N4O5S. The van der Waals surface area contributed by atoms with Gasteiger partial charge in [0, 0.05) is 33.1 Å². The van der Waals surface area contributed by atoms with Crippen molar-refractivity contribution in [1.29, 1.82) is 0 Å². The van der Waals surface area contributed by atoms with Crippen molar-refractivity contribution in [3.63, 3.8) is 0 Å². The van der Waals surface area contributed by atoms with E-state index in [1.54, 1.807) is 19.2 Å². The number of hydrogen-bond donors (Lipinski definition) is 1. The quantitative estimate of drug-likeness (QED) is 0.291. The molecule has 0 bridgehead atoms. The van der Waals surface area contributed by atoms with Gasteiger partial charge in [0.1, 0.15) is 18.3 Å². The summed E-state index contributed by atoms with van der Waals surface area (Å²) in [6.45, 7) is 7.15. The molecule has 3 aromatic rings. The predicted molar refractivity (Wildman–Crippen MR) is 171 cm³/mol. The topological polar surface area (TPSA) is 99.3 Å². The molecule has 3 rings (SSSR count). The van der Waals surface area contributed by atoms with Gasteiger partial charge >= 0.3 is 10.2 Å². The number of ether oxygens (including phenoxy) is 1. The Bertz CT molecular complexity index is 1490. The van der Waals surface area contributed by atoms with Gasteiger partial charge in [-0.3, -0.25) is 9.59 Å². The van der Waals surface area contributed by atoms with Crippen LogP contribution in [-0.4, -0.2) is 69.3 Å². The van der Waals surface area contributed by atoms with Crippen LogP contribution in [-0.2, 0) is 32.8 Å². The molecule has 0 aliphatic carbocycles. The van der Waals surface area contributed by atoms with Crippen LogP contribution in [0.15, 0.2) is 72.8 Å². The van der Waals surface area contributed by atoms with Crippen LogP contribution < -0.4 is 14.4 Å². The number of carbonyl (C=O) groups is 2. The van der Waals surface area contributed by atoms with E-state index in [4.69, 9.17) is 4.74 Å². The Labute approximate surface area is 256 Å². The second-order valence-corrected chi connectivity index (χ2v) is 13.1. The summed E-state index contributed by atoms with van der Waals surface area (Å²) >= 11 is 0. The summed E-state index contributed by atoms with van der Waals surface area (Å²) in [7, 11) is 0.359. The normalized spacial score (nSPS) is 12.8. The molecule has 0 spiro atoms. The number of rotatable bonds is 14. The maximum Gasteiger partial charge on any atom is 0.304 e. The van der Waals surface area contributed by atoms with Gasteiger partial charge in [-0.2, -0.15) is 12.7 Å². The highest BCUT2D eigenvalue weighted by atomic mass is 32.2. The van der Waals surface area contributed by atoms with Crippen molar-refractivity contribution in [2.75, 3.05) is 32.1 Å². The standard InChI is InChI=1S/C33H44N4O5S/c1-8-26(4)34-33(39)31(21-27-13-10-9-11-14-27)36(22-28-15-12-16-29(20-28)42-7)32(38)23-37(43(40,41)35(5)6)30-19-24(2)17-18-25(30)3/h9-20,26,31H,8,21-23H2,1-7H3,(H,34,39)/t26-,31-/m1/s1. The van der Waals surface area contributed by atoms with Gasteiger partial charge in [-0.05, 0) is 67.6 Å². The summed E-state index contributed by atoms with van der Waals surface area (Å²) in [5, 5.41) is 3.05. The Morgan fingerprint density at radius 2 is 1.60 bits per heavy atom. The van der Waals surface area contributed by atoms with Crippen molar-refractivity contribution in [2.24, 2.45) is 0 Å². The average molecular weight is 609 g/mol. The highest BCUT2D eigenvalue weighted by Gasteiger charge is 2.35. The first-order valence-electron chi connectivity index (χ1n) is 14.4. The number of benzene rings is 3. The zero-order valence-corrected chi connectivity index (χ0v) is 27.0. The SMILES string of the molecule is CC[C@@H](C)NC(=O)[C@@H](Cc1ccccc1)N(Cc1cccc(OC)c1)C(=O)CN(c1cc(C)ccc1C)S(=O)(=O)N(C)C. The third-order valence-corrected chi connectivity index (χ3v) is 9.22. The minimum absolute atomic E-state index is 0.0735. The van der Waals surface area contributed by atoms with E-state index in [1.165, 1.54) is 19.0 Å². The van der Waals surface area contributed by atoms with E-state index in [-0.39, 0.29) is 24.9 Å². The lowest BCUT2D eigenvalue weighted by molar-refractivity contribution is -0.140. The molecular weight excluding hydrogens is 564 g/mol. The first-order valence-corrected chi connectivity index (χ1v) is 15.8. The van der Waals surface area contributed by atoms with Gasteiger partial charge in [0.25, 0.3) is 0 Å². The van der Waals surface area contributed by atoms with Gasteiger partial charge in [0.15, 0.2) is 0 Å². The van der Waals surface area contributed by atoms with Crippen molar-refractivity contribution in [3.8, 4) is 5.75 Å². The number of methoxy groups -OCH3 is 1. The van der Waals surface area contributed by atoms with Crippen molar-refractivity contribution in [3.05, 3.63) is 95.1 Å². The molecule has 10 heteroatoms. The van der Waals surface area contributed by atoms with Crippen molar-refractivity contribution in [1.82, 2.24) is 14.5 Å². The Morgan fingerprint density at radius 1 is 0.930 bits per heavy atom. The fourth-order valence-corrected chi connectivity index (χ4v) is 5.77. The summed E-state index contributed by atoms with van der Waals surface area (Å²) in [6.07, 6.45) is 0.970. The molecule has 1 N–H and O–H groups in total. The van der Waals surface area contributed by atoms with E-state index in [0.717, 1.165) is 31.7 Å². The van der Waals surface area contributed by atoms with Crippen LogP contribution in [0.1, 0.15) is 42.5 Å². The minimum Gasteiger partial charge on any atom is -0.497 e. The zero-order chi connectivity index (χ0) is 31.7. The first kappa shape index (κ1) is 33.6.